The van der Waals surface area contributed by atoms with Crippen molar-refractivity contribution in [3.63, 3.8) is 0 Å². The highest BCUT2D eigenvalue weighted by Gasteiger charge is 2.41. The number of hydrazone groups is 1. The van der Waals surface area contributed by atoms with E-state index in [9.17, 15) is 15.2 Å². The molecule has 2 heterocycles. The van der Waals surface area contributed by atoms with Gasteiger partial charge in [-0.15, -0.1) is 0 Å². The summed E-state index contributed by atoms with van der Waals surface area (Å²) in [4.78, 5) is 29.0. The number of aliphatic imine (C=N–C) groups is 1. The van der Waals surface area contributed by atoms with E-state index in [2.05, 4.69) is 31.1 Å². The van der Waals surface area contributed by atoms with Crippen molar-refractivity contribution >= 4 is 23.8 Å². The van der Waals surface area contributed by atoms with Gasteiger partial charge in [0.05, 0.1) is 48.9 Å². The van der Waals surface area contributed by atoms with E-state index in [4.69, 9.17) is 16.3 Å². The minimum Gasteiger partial charge on any atom is -0.495 e. The van der Waals surface area contributed by atoms with Gasteiger partial charge in [-0.3, -0.25) is 14.8 Å². The maximum atomic E-state index is 11.4. The molecule has 0 unspecified atom stereocenters. The third kappa shape index (κ3) is 5.38. The van der Waals surface area contributed by atoms with Crippen LogP contribution in [0.25, 0.3) is 11.3 Å². The van der Waals surface area contributed by atoms with Crippen LogP contribution in [-0.4, -0.2) is 45.1 Å². The predicted molar refractivity (Wildman–Crippen MR) is 138 cm³/mol. The molecule has 0 saturated heterocycles. The van der Waals surface area contributed by atoms with Gasteiger partial charge in [-0.1, -0.05) is 18.6 Å². The van der Waals surface area contributed by atoms with E-state index >= 15 is 0 Å². The zero-order valence-corrected chi connectivity index (χ0v) is 20.3. The second-order valence-electron chi connectivity index (χ2n) is 8.70. The Kier molecular flexibility index (Phi) is 7.39. The van der Waals surface area contributed by atoms with E-state index in [0.717, 1.165) is 25.0 Å². The van der Waals surface area contributed by atoms with Crippen molar-refractivity contribution in [3.8, 4) is 23.1 Å². The van der Waals surface area contributed by atoms with E-state index in [-0.39, 0.29) is 24.6 Å². The topological polar surface area (TPSA) is 186 Å². The van der Waals surface area contributed by atoms with Crippen LogP contribution in [-0.2, 0) is 16.8 Å². The van der Waals surface area contributed by atoms with Crippen LogP contribution in [0.5, 0.6) is 5.75 Å². The Balaban J connectivity index is 1.57. The monoisotopic (exact) mass is 498 g/mol. The number of hydrogen-bond acceptors (Lipinski definition) is 10. The number of pyridine rings is 1. The summed E-state index contributed by atoms with van der Waals surface area (Å²) in [7, 11) is 1.47. The van der Waals surface area contributed by atoms with Gasteiger partial charge in [-0.05, 0) is 43.2 Å². The molecule has 3 aromatic rings. The Morgan fingerprint density at radius 2 is 2.03 bits per heavy atom. The molecular formula is C26H26N8O3. The Bertz CT molecular complexity index is 1420. The molecule has 0 radical (unpaired) electrons. The summed E-state index contributed by atoms with van der Waals surface area (Å²) in [6, 6.07) is 14.4. The Morgan fingerprint density at radius 3 is 2.68 bits per heavy atom. The molecule has 11 heteroatoms. The van der Waals surface area contributed by atoms with Crippen LogP contribution in [0.3, 0.4) is 0 Å². The minimum absolute atomic E-state index is 0.00920. The second kappa shape index (κ2) is 10.8. The molecule has 0 amide bonds. The van der Waals surface area contributed by atoms with Crippen molar-refractivity contribution in [1.29, 1.82) is 5.26 Å². The average Bonchev–Trinajstić information content (AvgIpc) is 2.87. The molecule has 5 N–H and O–H groups in total. The normalized spacial score (nSPS) is 14.6. The van der Waals surface area contributed by atoms with Crippen LogP contribution in [0.4, 0.5) is 5.95 Å². The third-order valence-corrected chi connectivity index (χ3v) is 6.38. The van der Waals surface area contributed by atoms with Crippen molar-refractivity contribution in [1.82, 2.24) is 15.0 Å². The maximum Gasteiger partial charge on any atom is 0.304 e. The standard InChI is InChI=1S/C26H26N8O3/c1-37-24-16(13-27)5-2-7-18(24)19-11-20(33-25(28)32-19)21(34-29)15-30-14-17-6-3-8-22(31-17)26(9-4-10-26)12-23(35)36/h2-3,5-8,11,15H,4,9-10,12,14,29H2,1H3,(H,35,36)(H2,28,32,33)/b30-15?,34-21+. The summed E-state index contributed by atoms with van der Waals surface area (Å²) in [5, 5.41) is 22.5. The van der Waals surface area contributed by atoms with Gasteiger partial charge in [0.2, 0.25) is 5.95 Å². The maximum absolute atomic E-state index is 11.4. The number of methoxy groups -OCH3 is 1. The largest absolute Gasteiger partial charge is 0.495 e. The molecule has 0 bridgehead atoms. The van der Waals surface area contributed by atoms with Gasteiger partial charge >= 0.3 is 5.97 Å². The van der Waals surface area contributed by atoms with E-state index in [1.165, 1.54) is 13.3 Å². The van der Waals surface area contributed by atoms with Crippen molar-refractivity contribution in [2.45, 2.75) is 37.6 Å². The molecule has 1 fully saturated rings. The number of aromatic nitrogens is 3. The molecule has 2 aromatic heterocycles. The molecule has 1 aliphatic carbocycles. The first kappa shape index (κ1) is 25.2. The fraction of sp³-hybridized carbons (Fsp3) is 0.269. The number of ether oxygens (including phenoxy) is 1. The number of carbonyl (C=O) groups is 1. The van der Waals surface area contributed by atoms with Gasteiger partial charge in [0.25, 0.3) is 0 Å². The van der Waals surface area contributed by atoms with Crippen molar-refractivity contribution in [2.24, 2.45) is 15.9 Å². The summed E-state index contributed by atoms with van der Waals surface area (Å²) in [6.07, 6.45) is 4.14. The number of para-hydroxylation sites is 1. The van der Waals surface area contributed by atoms with Gasteiger partial charge in [0, 0.05) is 16.7 Å². The molecule has 1 saturated carbocycles. The molecular weight excluding hydrogens is 472 g/mol. The number of hydrogen-bond donors (Lipinski definition) is 3. The number of nitrogen functional groups attached to an aromatic ring is 1. The van der Waals surface area contributed by atoms with Crippen LogP contribution in [0.1, 0.15) is 48.3 Å². The average molecular weight is 499 g/mol. The molecule has 0 atom stereocenters. The summed E-state index contributed by atoms with van der Waals surface area (Å²) >= 11 is 0. The third-order valence-electron chi connectivity index (χ3n) is 6.38. The van der Waals surface area contributed by atoms with Gasteiger partial charge in [0.1, 0.15) is 17.5 Å². The Morgan fingerprint density at radius 1 is 1.24 bits per heavy atom. The van der Waals surface area contributed by atoms with Gasteiger partial charge in [-0.2, -0.15) is 10.4 Å². The van der Waals surface area contributed by atoms with Gasteiger partial charge in [0.15, 0.2) is 0 Å². The molecule has 37 heavy (non-hydrogen) atoms. The van der Waals surface area contributed by atoms with Gasteiger partial charge < -0.3 is 21.4 Å². The first-order valence-electron chi connectivity index (χ1n) is 11.6. The number of rotatable bonds is 9. The van der Waals surface area contributed by atoms with Gasteiger partial charge in [-0.25, -0.2) is 9.97 Å². The highest BCUT2D eigenvalue weighted by Crippen LogP contribution is 2.45. The molecule has 188 valence electrons. The van der Waals surface area contributed by atoms with E-state index < -0.39 is 11.4 Å². The SMILES string of the molecule is COc1c(C#N)cccc1-c1cc(/C(C=NCc2cccc(C3(CC(=O)O)CCC3)n2)=N/N)nc(N)n1. The second-order valence-corrected chi connectivity index (χ2v) is 8.70. The molecule has 0 spiro atoms. The molecule has 1 aliphatic rings. The van der Waals surface area contributed by atoms with Crippen LogP contribution in [0.2, 0.25) is 0 Å². The molecule has 0 aliphatic heterocycles. The van der Waals surface area contributed by atoms with Crippen molar-refractivity contribution < 1.29 is 14.6 Å². The van der Waals surface area contributed by atoms with Crippen LogP contribution in [0, 0.1) is 11.3 Å². The molecule has 4 rings (SSSR count). The number of anilines is 1. The lowest BCUT2D eigenvalue weighted by Crippen LogP contribution is -2.37. The van der Waals surface area contributed by atoms with Crippen LogP contribution < -0.4 is 16.3 Å². The number of carboxylic acids is 1. The van der Waals surface area contributed by atoms with Crippen molar-refractivity contribution in [3.05, 3.63) is 65.1 Å². The molecule has 11 nitrogen and oxygen atoms in total. The highest BCUT2D eigenvalue weighted by atomic mass is 16.5. The fourth-order valence-corrected chi connectivity index (χ4v) is 4.45. The van der Waals surface area contributed by atoms with Crippen LogP contribution in [0.15, 0.2) is 52.6 Å². The fourth-order valence-electron chi connectivity index (χ4n) is 4.45. The van der Waals surface area contributed by atoms with E-state index in [1.807, 2.05) is 18.2 Å². The number of nitrogens with two attached hydrogens (primary N) is 2. The number of carboxylic acid groups (broad SMARTS) is 1. The highest BCUT2D eigenvalue weighted by molar-refractivity contribution is 6.37. The zero-order chi connectivity index (χ0) is 26.4. The molecule has 1 aromatic carbocycles. The Labute approximate surface area is 213 Å². The first-order chi connectivity index (χ1) is 17.9. The lowest BCUT2D eigenvalue weighted by Gasteiger charge is -2.40. The number of aliphatic carboxylic acids is 1. The first-order valence-corrected chi connectivity index (χ1v) is 11.6. The zero-order valence-electron chi connectivity index (χ0n) is 20.3. The number of nitrogens with zero attached hydrogens (tertiary/aromatic N) is 6. The lowest BCUT2D eigenvalue weighted by atomic mass is 9.64. The minimum atomic E-state index is -0.825. The summed E-state index contributed by atoms with van der Waals surface area (Å²) < 4.78 is 5.42. The quantitative estimate of drug-likeness (QED) is 0.226. The predicted octanol–water partition coefficient (Wildman–Crippen LogP) is 2.83. The lowest BCUT2D eigenvalue weighted by molar-refractivity contribution is -0.139. The van der Waals surface area contributed by atoms with Crippen molar-refractivity contribution in [2.75, 3.05) is 12.8 Å². The summed E-state index contributed by atoms with van der Waals surface area (Å²) in [6.45, 7) is 0.238. The number of benzene rings is 1. The van der Waals surface area contributed by atoms with Crippen LogP contribution >= 0.6 is 0 Å². The number of nitriles is 1. The Hall–Kier alpha value is -4.85. The smallest absolute Gasteiger partial charge is 0.304 e. The summed E-state index contributed by atoms with van der Waals surface area (Å²) in [5.41, 5.74) is 9.00. The van der Waals surface area contributed by atoms with E-state index in [0.29, 0.717) is 34.0 Å². The summed E-state index contributed by atoms with van der Waals surface area (Å²) in [5.74, 6) is 5.17. The van der Waals surface area contributed by atoms with E-state index in [1.54, 1.807) is 24.3 Å².